The van der Waals surface area contributed by atoms with E-state index in [1.165, 1.54) is 6.92 Å². The maximum Gasteiger partial charge on any atom is 0.179 e. The van der Waals surface area contributed by atoms with Gasteiger partial charge in [0.15, 0.2) is 5.78 Å². The van der Waals surface area contributed by atoms with Gasteiger partial charge in [-0.3, -0.25) is 9.48 Å². The fourth-order valence-corrected chi connectivity index (χ4v) is 2.37. The van der Waals surface area contributed by atoms with Crippen LogP contribution in [0.5, 0.6) is 0 Å². The molecule has 1 aliphatic heterocycles. The first-order valence-electron chi connectivity index (χ1n) is 5.77. The highest BCUT2D eigenvalue weighted by molar-refractivity contribution is 5.92. The van der Waals surface area contributed by atoms with E-state index >= 15 is 0 Å². The zero-order valence-corrected chi connectivity index (χ0v) is 9.97. The minimum Gasteiger partial charge on any atom is -0.387 e. The van der Waals surface area contributed by atoms with Crippen molar-refractivity contribution in [2.45, 2.75) is 39.8 Å². The number of aryl methyl sites for hydroxylation is 1. The van der Waals surface area contributed by atoms with E-state index in [0.717, 1.165) is 18.7 Å². The van der Waals surface area contributed by atoms with Crippen molar-refractivity contribution in [3.05, 3.63) is 17.5 Å². The summed E-state index contributed by atoms with van der Waals surface area (Å²) in [5, 5.41) is 14.4. The van der Waals surface area contributed by atoms with Gasteiger partial charge in [-0.25, -0.2) is 0 Å². The SMILES string of the molecule is CC(=O)c1cc2n(n1)CCC(C(C)C)C2O. The van der Waals surface area contributed by atoms with Crippen LogP contribution in [0.15, 0.2) is 6.07 Å². The minimum atomic E-state index is -0.491. The molecule has 0 spiro atoms. The van der Waals surface area contributed by atoms with Gasteiger partial charge in [-0.15, -0.1) is 0 Å². The number of nitrogens with zero attached hydrogens (tertiary/aromatic N) is 2. The summed E-state index contributed by atoms with van der Waals surface area (Å²) in [4.78, 5) is 11.2. The first-order valence-corrected chi connectivity index (χ1v) is 5.77. The summed E-state index contributed by atoms with van der Waals surface area (Å²) in [6.45, 7) is 6.53. The van der Waals surface area contributed by atoms with E-state index in [2.05, 4.69) is 18.9 Å². The molecule has 0 aliphatic carbocycles. The second kappa shape index (κ2) is 4.01. The normalized spacial score (nSPS) is 24.6. The summed E-state index contributed by atoms with van der Waals surface area (Å²) in [6, 6.07) is 1.72. The van der Waals surface area contributed by atoms with Crippen LogP contribution in [0.4, 0.5) is 0 Å². The van der Waals surface area contributed by atoms with E-state index in [1.54, 1.807) is 10.7 Å². The molecule has 0 aromatic carbocycles. The lowest BCUT2D eigenvalue weighted by Gasteiger charge is -2.31. The highest BCUT2D eigenvalue weighted by Gasteiger charge is 2.31. The molecule has 2 heterocycles. The lowest BCUT2D eigenvalue weighted by molar-refractivity contribution is 0.0475. The lowest BCUT2D eigenvalue weighted by atomic mass is 9.84. The van der Waals surface area contributed by atoms with Gasteiger partial charge in [0, 0.05) is 13.5 Å². The van der Waals surface area contributed by atoms with Crippen molar-refractivity contribution in [3.63, 3.8) is 0 Å². The van der Waals surface area contributed by atoms with Gasteiger partial charge in [-0.1, -0.05) is 13.8 Å². The predicted octanol–water partition coefficient (Wildman–Crippen LogP) is 1.79. The molecule has 16 heavy (non-hydrogen) atoms. The first kappa shape index (κ1) is 11.3. The Balaban J connectivity index is 2.33. The fourth-order valence-electron chi connectivity index (χ4n) is 2.37. The summed E-state index contributed by atoms with van der Waals surface area (Å²) in [6.07, 6.45) is 0.430. The second-order valence-electron chi connectivity index (χ2n) is 4.88. The molecule has 2 atom stereocenters. The topological polar surface area (TPSA) is 55.1 Å². The van der Waals surface area contributed by atoms with Crippen LogP contribution in [0.3, 0.4) is 0 Å². The summed E-state index contributed by atoms with van der Waals surface area (Å²) >= 11 is 0. The van der Waals surface area contributed by atoms with Crippen LogP contribution in [0.25, 0.3) is 0 Å². The van der Waals surface area contributed by atoms with E-state index in [1.807, 2.05) is 0 Å². The summed E-state index contributed by atoms with van der Waals surface area (Å²) in [7, 11) is 0. The third-order valence-corrected chi connectivity index (χ3v) is 3.41. The van der Waals surface area contributed by atoms with Crippen molar-refractivity contribution < 1.29 is 9.90 Å². The van der Waals surface area contributed by atoms with Crippen molar-refractivity contribution in [3.8, 4) is 0 Å². The van der Waals surface area contributed by atoms with Crippen LogP contribution in [0.2, 0.25) is 0 Å². The van der Waals surface area contributed by atoms with Crippen molar-refractivity contribution in [2.24, 2.45) is 11.8 Å². The summed E-state index contributed by atoms with van der Waals surface area (Å²) in [5.41, 5.74) is 1.24. The Morgan fingerprint density at radius 1 is 1.62 bits per heavy atom. The average molecular weight is 222 g/mol. The van der Waals surface area contributed by atoms with Crippen LogP contribution in [0, 0.1) is 11.8 Å². The number of aromatic nitrogens is 2. The third-order valence-electron chi connectivity index (χ3n) is 3.41. The molecule has 0 amide bonds. The van der Waals surface area contributed by atoms with Crippen molar-refractivity contribution in [1.29, 1.82) is 0 Å². The van der Waals surface area contributed by atoms with Gasteiger partial charge < -0.3 is 5.11 Å². The molecular weight excluding hydrogens is 204 g/mol. The number of ketones is 1. The molecule has 4 heteroatoms. The molecule has 1 aromatic rings. The third kappa shape index (κ3) is 1.78. The van der Waals surface area contributed by atoms with Crippen LogP contribution in [0.1, 0.15) is 49.5 Å². The standard InChI is InChI=1S/C12H18N2O2/c1-7(2)9-4-5-14-11(12(9)16)6-10(13-14)8(3)15/h6-7,9,12,16H,4-5H2,1-3H3. The number of carbonyl (C=O) groups excluding carboxylic acids is 1. The molecule has 1 aromatic heterocycles. The van der Waals surface area contributed by atoms with E-state index in [0.29, 0.717) is 11.6 Å². The van der Waals surface area contributed by atoms with Gasteiger partial charge in [-0.05, 0) is 24.3 Å². The molecule has 88 valence electrons. The maximum absolute atomic E-state index is 11.2. The number of fused-ring (bicyclic) bond motifs is 1. The number of Topliss-reactive ketones (excluding diaryl/α,β-unsaturated/α-hetero) is 1. The zero-order valence-electron chi connectivity index (χ0n) is 9.97. The number of aliphatic hydroxyl groups is 1. The Kier molecular flexibility index (Phi) is 2.84. The average Bonchev–Trinajstić information content (AvgIpc) is 2.62. The van der Waals surface area contributed by atoms with E-state index < -0.39 is 6.10 Å². The molecule has 1 N–H and O–H groups in total. The largest absolute Gasteiger partial charge is 0.387 e. The summed E-state index contributed by atoms with van der Waals surface area (Å²) < 4.78 is 1.76. The number of carbonyl (C=O) groups is 1. The quantitative estimate of drug-likeness (QED) is 0.776. The van der Waals surface area contributed by atoms with Crippen molar-refractivity contribution in [1.82, 2.24) is 9.78 Å². The number of aliphatic hydroxyl groups excluding tert-OH is 1. The van der Waals surface area contributed by atoms with Crippen LogP contribution in [-0.2, 0) is 6.54 Å². The first-order chi connectivity index (χ1) is 7.50. The van der Waals surface area contributed by atoms with Gasteiger partial charge in [-0.2, -0.15) is 5.10 Å². The number of hydrogen-bond acceptors (Lipinski definition) is 3. The van der Waals surface area contributed by atoms with E-state index in [9.17, 15) is 9.90 Å². The van der Waals surface area contributed by atoms with Gasteiger partial charge in [0.05, 0.1) is 11.8 Å². The molecule has 0 saturated heterocycles. The maximum atomic E-state index is 11.2. The lowest BCUT2D eigenvalue weighted by Crippen LogP contribution is -2.28. The van der Waals surface area contributed by atoms with Gasteiger partial charge >= 0.3 is 0 Å². The van der Waals surface area contributed by atoms with Crippen molar-refractivity contribution in [2.75, 3.05) is 0 Å². The Morgan fingerprint density at radius 2 is 2.31 bits per heavy atom. The second-order valence-corrected chi connectivity index (χ2v) is 4.88. The van der Waals surface area contributed by atoms with Crippen molar-refractivity contribution >= 4 is 5.78 Å². The molecule has 2 rings (SSSR count). The molecule has 0 saturated carbocycles. The highest BCUT2D eigenvalue weighted by Crippen LogP contribution is 2.35. The van der Waals surface area contributed by atoms with Gasteiger partial charge in [0.25, 0.3) is 0 Å². The monoisotopic (exact) mass is 222 g/mol. The fraction of sp³-hybridized carbons (Fsp3) is 0.667. The van der Waals surface area contributed by atoms with Crippen LogP contribution >= 0.6 is 0 Å². The molecule has 0 radical (unpaired) electrons. The van der Waals surface area contributed by atoms with E-state index in [-0.39, 0.29) is 11.7 Å². The molecular formula is C12H18N2O2. The van der Waals surface area contributed by atoms with Gasteiger partial charge in [0.2, 0.25) is 0 Å². The Bertz CT molecular complexity index is 409. The Hall–Kier alpha value is -1.16. The number of hydrogen-bond donors (Lipinski definition) is 1. The molecule has 1 aliphatic rings. The minimum absolute atomic E-state index is 0.0461. The smallest absolute Gasteiger partial charge is 0.179 e. The predicted molar refractivity (Wildman–Crippen MR) is 60.1 cm³/mol. The Labute approximate surface area is 95.3 Å². The Morgan fingerprint density at radius 3 is 2.88 bits per heavy atom. The number of rotatable bonds is 2. The summed E-state index contributed by atoms with van der Waals surface area (Å²) in [5.74, 6) is 0.665. The highest BCUT2D eigenvalue weighted by atomic mass is 16.3. The molecule has 0 bridgehead atoms. The molecule has 2 unspecified atom stereocenters. The van der Waals surface area contributed by atoms with Crippen LogP contribution in [-0.4, -0.2) is 20.7 Å². The zero-order chi connectivity index (χ0) is 11.9. The molecule has 4 nitrogen and oxygen atoms in total. The van der Waals surface area contributed by atoms with Gasteiger partial charge in [0.1, 0.15) is 5.69 Å². The van der Waals surface area contributed by atoms with E-state index in [4.69, 9.17) is 0 Å². The van der Waals surface area contributed by atoms with Crippen LogP contribution < -0.4 is 0 Å². The molecule has 0 fully saturated rings.